The summed E-state index contributed by atoms with van der Waals surface area (Å²) in [5, 5.41) is 3.65. The number of hydrogen-bond acceptors (Lipinski definition) is 2. The maximum absolute atomic E-state index is 3.65. The van der Waals surface area contributed by atoms with Crippen molar-refractivity contribution in [1.29, 1.82) is 0 Å². The maximum Gasteiger partial charge on any atom is 0.0120 e. The summed E-state index contributed by atoms with van der Waals surface area (Å²) < 4.78 is 0. The first-order chi connectivity index (χ1) is 9.63. The van der Waals surface area contributed by atoms with Crippen molar-refractivity contribution in [3.8, 4) is 0 Å². The van der Waals surface area contributed by atoms with Gasteiger partial charge in [-0.3, -0.25) is 4.90 Å². The van der Waals surface area contributed by atoms with Crippen LogP contribution in [0.25, 0.3) is 0 Å². The third kappa shape index (κ3) is 3.62. The summed E-state index contributed by atoms with van der Waals surface area (Å²) in [6, 6.07) is 12.9. The fourth-order valence-corrected chi connectivity index (χ4v) is 3.64. The molecule has 0 aliphatic carbocycles. The van der Waals surface area contributed by atoms with Crippen molar-refractivity contribution in [3.05, 3.63) is 35.9 Å². The Hall–Kier alpha value is -0.860. The minimum Gasteiger partial charge on any atom is -0.314 e. The SMILES string of the molecule is CCNC1CCN(C(C)Cc2ccccc2)C(C)C1C. The van der Waals surface area contributed by atoms with Gasteiger partial charge < -0.3 is 5.32 Å². The van der Waals surface area contributed by atoms with Crippen molar-refractivity contribution in [2.75, 3.05) is 13.1 Å². The second-order valence-corrected chi connectivity index (χ2v) is 6.33. The third-order valence-corrected chi connectivity index (χ3v) is 5.02. The number of hydrogen-bond donors (Lipinski definition) is 1. The third-order valence-electron chi connectivity index (χ3n) is 5.02. The zero-order valence-corrected chi connectivity index (χ0v) is 13.5. The van der Waals surface area contributed by atoms with Gasteiger partial charge >= 0.3 is 0 Å². The van der Waals surface area contributed by atoms with Gasteiger partial charge in [-0.05, 0) is 44.7 Å². The minimum absolute atomic E-state index is 0.623. The Bertz CT molecular complexity index is 390. The summed E-state index contributed by atoms with van der Waals surface area (Å²) in [5.74, 6) is 0.724. The van der Waals surface area contributed by atoms with E-state index in [9.17, 15) is 0 Å². The molecule has 1 N–H and O–H groups in total. The number of nitrogens with zero attached hydrogens (tertiary/aromatic N) is 1. The highest BCUT2D eigenvalue weighted by Gasteiger charge is 2.33. The molecule has 20 heavy (non-hydrogen) atoms. The summed E-state index contributed by atoms with van der Waals surface area (Å²) in [4.78, 5) is 2.70. The first-order valence-electron chi connectivity index (χ1n) is 8.16. The van der Waals surface area contributed by atoms with E-state index in [1.165, 1.54) is 18.5 Å². The van der Waals surface area contributed by atoms with Gasteiger partial charge in [0.25, 0.3) is 0 Å². The average Bonchev–Trinajstić information content (AvgIpc) is 2.45. The number of nitrogens with one attached hydrogen (secondary N) is 1. The fourth-order valence-electron chi connectivity index (χ4n) is 3.64. The summed E-state index contributed by atoms with van der Waals surface area (Å²) in [6.45, 7) is 11.7. The van der Waals surface area contributed by atoms with Crippen molar-refractivity contribution in [1.82, 2.24) is 10.2 Å². The van der Waals surface area contributed by atoms with E-state index in [-0.39, 0.29) is 0 Å². The number of benzene rings is 1. The number of piperidine rings is 1. The van der Waals surface area contributed by atoms with Crippen LogP contribution in [0, 0.1) is 5.92 Å². The molecule has 0 aromatic heterocycles. The van der Waals surface area contributed by atoms with Gasteiger partial charge in [0.1, 0.15) is 0 Å². The van der Waals surface area contributed by atoms with E-state index in [4.69, 9.17) is 0 Å². The van der Waals surface area contributed by atoms with Gasteiger partial charge in [-0.15, -0.1) is 0 Å². The van der Waals surface area contributed by atoms with E-state index in [0.717, 1.165) is 18.9 Å². The molecule has 1 aromatic carbocycles. The van der Waals surface area contributed by atoms with Gasteiger partial charge in [0, 0.05) is 24.7 Å². The van der Waals surface area contributed by atoms with Crippen molar-refractivity contribution < 1.29 is 0 Å². The van der Waals surface area contributed by atoms with Crippen LogP contribution in [-0.2, 0) is 6.42 Å². The van der Waals surface area contributed by atoms with Crippen LogP contribution >= 0.6 is 0 Å². The molecular formula is C18H30N2. The molecule has 2 rings (SSSR count). The van der Waals surface area contributed by atoms with Crippen LogP contribution in [-0.4, -0.2) is 36.1 Å². The minimum atomic E-state index is 0.623. The molecule has 1 fully saturated rings. The molecule has 112 valence electrons. The highest BCUT2D eigenvalue weighted by molar-refractivity contribution is 5.16. The second-order valence-electron chi connectivity index (χ2n) is 6.33. The predicted octanol–water partition coefficient (Wildman–Crippen LogP) is 3.33. The van der Waals surface area contributed by atoms with Crippen LogP contribution in [0.3, 0.4) is 0 Å². The Labute approximate surface area is 124 Å². The van der Waals surface area contributed by atoms with E-state index in [2.05, 4.69) is 68.2 Å². The molecule has 1 aliphatic heterocycles. The van der Waals surface area contributed by atoms with E-state index in [1.54, 1.807) is 0 Å². The average molecular weight is 274 g/mol. The molecule has 0 bridgehead atoms. The van der Waals surface area contributed by atoms with Crippen LogP contribution < -0.4 is 5.32 Å². The zero-order chi connectivity index (χ0) is 14.5. The Morgan fingerprint density at radius 3 is 2.60 bits per heavy atom. The molecule has 0 amide bonds. The maximum atomic E-state index is 3.65. The van der Waals surface area contributed by atoms with E-state index >= 15 is 0 Å². The van der Waals surface area contributed by atoms with Crippen LogP contribution in [0.2, 0.25) is 0 Å². The van der Waals surface area contributed by atoms with Crippen LogP contribution in [0.1, 0.15) is 39.7 Å². The topological polar surface area (TPSA) is 15.3 Å². The highest BCUT2D eigenvalue weighted by Crippen LogP contribution is 2.26. The molecule has 2 nitrogen and oxygen atoms in total. The molecule has 4 unspecified atom stereocenters. The molecule has 1 aliphatic rings. The summed E-state index contributed by atoms with van der Waals surface area (Å²) >= 11 is 0. The van der Waals surface area contributed by atoms with E-state index < -0.39 is 0 Å². The first kappa shape index (κ1) is 15.5. The quantitative estimate of drug-likeness (QED) is 0.886. The molecule has 0 radical (unpaired) electrons. The van der Waals surface area contributed by atoms with Gasteiger partial charge in [0.05, 0.1) is 0 Å². The molecule has 0 spiro atoms. The van der Waals surface area contributed by atoms with Crippen LogP contribution in [0.5, 0.6) is 0 Å². The molecule has 4 atom stereocenters. The number of rotatable bonds is 5. The lowest BCUT2D eigenvalue weighted by Gasteiger charge is -2.46. The Morgan fingerprint density at radius 2 is 1.95 bits per heavy atom. The van der Waals surface area contributed by atoms with Crippen molar-refractivity contribution in [2.24, 2.45) is 5.92 Å². The standard InChI is InChI=1S/C18H30N2/c1-5-19-18-11-12-20(16(4)15(18)3)14(2)13-17-9-7-6-8-10-17/h6-10,14-16,18-19H,5,11-13H2,1-4H3. The fraction of sp³-hybridized carbons (Fsp3) is 0.667. The van der Waals surface area contributed by atoms with Crippen molar-refractivity contribution >= 4 is 0 Å². The lowest BCUT2D eigenvalue weighted by Crippen LogP contribution is -2.56. The molecular weight excluding hydrogens is 244 g/mol. The van der Waals surface area contributed by atoms with Gasteiger partial charge in [-0.1, -0.05) is 44.2 Å². The smallest absolute Gasteiger partial charge is 0.0120 e. The van der Waals surface area contributed by atoms with Gasteiger partial charge in [0.2, 0.25) is 0 Å². The van der Waals surface area contributed by atoms with Gasteiger partial charge in [-0.2, -0.15) is 0 Å². The summed E-state index contributed by atoms with van der Waals surface area (Å²) in [7, 11) is 0. The van der Waals surface area contributed by atoms with Crippen LogP contribution in [0.4, 0.5) is 0 Å². The summed E-state index contributed by atoms with van der Waals surface area (Å²) in [6.07, 6.45) is 2.43. The molecule has 1 heterocycles. The Morgan fingerprint density at radius 1 is 1.25 bits per heavy atom. The molecule has 0 saturated carbocycles. The Kier molecular flexibility index (Phi) is 5.62. The summed E-state index contributed by atoms with van der Waals surface area (Å²) in [5.41, 5.74) is 1.45. The molecule has 2 heteroatoms. The van der Waals surface area contributed by atoms with Crippen molar-refractivity contribution in [2.45, 2.75) is 58.7 Å². The monoisotopic (exact) mass is 274 g/mol. The van der Waals surface area contributed by atoms with Crippen LogP contribution in [0.15, 0.2) is 30.3 Å². The van der Waals surface area contributed by atoms with E-state index in [0.29, 0.717) is 18.1 Å². The molecule has 1 saturated heterocycles. The number of likely N-dealkylation sites (tertiary alicyclic amines) is 1. The Balaban J connectivity index is 1.95. The largest absolute Gasteiger partial charge is 0.314 e. The van der Waals surface area contributed by atoms with Crippen molar-refractivity contribution in [3.63, 3.8) is 0 Å². The zero-order valence-electron chi connectivity index (χ0n) is 13.5. The van der Waals surface area contributed by atoms with Gasteiger partial charge in [0.15, 0.2) is 0 Å². The van der Waals surface area contributed by atoms with E-state index in [1.807, 2.05) is 0 Å². The lowest BCUT2D eigenvalue weighted by atomic mass is 9.85. The second kappa shape index (κ2) is 7.24. The normalized spacial score (nSPS) is 29.3. The van der Waals surface area contributed by atoms with Gasteiger partial charge in [-0.25, -0.2) is 0 Å². The predicted molar refractivity (Wildman–Crippen MR) is 87.0 cm³/mol. The highest BCUT2D eigenvalue weighted by atomic mass is 15.2. The lowest BCUT2D eigenvalue weighted by molar-refractivity contribution is 0.0534. The first-order valence-corrected chi connectivity index (χ1v) is 8.16. The molecule has 1 aromatic rings.